The fraction of sp³-hybridized carbons (Fsp3) is 0.211. The standard InChI is InChI=1S/C19H18N2O5/c1-11(21-18(23)13-6-4-5-7-14(13)19(21)24)17(22)20-12-8-9-15(25-2)16(10-12)26-3/h4-11H,1-3H3,(H,20,22). The molecular weight excluding hydrogens is 336 g/mol. The Hall–Kier alpha value is -3.35. The molecule has 0 saturated carbocycles. The van der Waals surface area contributed by atoms with Gasteiger partial charge >= 0.3 is 0 Å². The molecule has 1 heterocycles. The Labute approximate surface area is 150 Å². The van der Waals surface area contributed by atoms with E-state index in [1.165, 1.54) is 21.1 Å². The highest BCUT2D eigenvalue weighted by molar-refractivity contribution is 6.23. The number of anilines is 1. The van der Waals surface area contributed by atoms with E-state index < -0.39 is 23.8 Å². The summed E-state index contributed by atoms with van der Waals surface area (Å²) in [6, 6.07) is 10.5. The molecule has 2 aromatic rings. The first-order valence-electron chi connectivity index (χ1n) is 7.97. The molecule has 1 aliphatic rings. The second-order valence-corrected chi connectivity index (χ2v) is 5.76. The van der Waals surface area contributed by atoms with E-state index in [4.69, 9.17) is 9.47 Å². The summed E-state index contributed by atoms with van der Waals surface area (Å²) in [6.45, 7) is 1.51. The van der Waals surface area contributed by atoms with E-state index in [1.54, 1.807) is 42.5 Å². The highest BCUT2D eigenvalue weighted by Gasteiger charge is 2.40. The van der Waals surface area contributed by atoms with Gasteiger partial charge in [-0.05, 0) is 31.2 Å². The van der Waals surface area contributed by atoms with Crippen LogP contribution in [0.5, 0.6) is 11.5 Å². The summed E-state index contributed by atoms with van der Waals surface area (Å²) in [5, 5.41) is 2.69. The van der Waals surface area contributed by atoms with Crippen LogP contribution in [-0.4, -0.2) is 42.9 Å². The average Bonchev–Trinajstić information content (AvgIpc) is 2.92. The lowest BCUT2D eigenvalue weighted by Crippen LogP contribution is -2.45. The number of benzene rings is 2. The van der Waals surface area contributed by atoms with Gasteiger partial charge in [-0.2, -0.15) is 0 Å². The highest BCUT2D eigenvalue weighted by Crippen LogP contribution is 2.30. The van der Waals surface area contributed by atoms with Crippen LogP contribution in [-0.2, 0) is 4.79 Å². The lowest BCUT2D eigenvalue weighted by Gasteiger charge is -2.22. The minimum atomic E-state index is -0.963. The second-order valence-electron chi connectivity index (χ2n) is 5.76. The van der Waals surface area contributed by atoms with Gasteiger partial charge in [0.15, 0.2) is 11.5 Å². The number of imide groups is 1. The molecule has 0 spiro atoms. The predicted octanol–water partition coefficient (Wildman–Crippen LogP) is 2.33. The summed E-state index contributed by atoms with van der Waals surface area (Å²) in [7, 11) is 3.01. The van der Waals surface area contributed by atoms with Crippen LogP contribution in [0, 0.1) is 0 Å². The minimum Gasteiger partial charge on any atom is -0.493 e. The quantitative estimate of drug-likeness (QED) is 0.833. The highest BCUT2D eigenvalue weighted by atomic mass is 16.5. The molecular formula is C19H18N2O5. The van der Waals surface area contributed by atoms with Gasteiger partial charge in [0.05, 0.1) is 25.3 Å². The molecule has 0 saturated heterocycles. The molecule has 0 fully saturated rings. The van der Waals surface area contributed by atoms with E-state index >= 15 is 0 Å². The van der Waals surface area contributed by atoms with E-state index in [9.17, 15) is 14.4 Å². The lowest BCUT2D eigenvalue weighted by molar-refractivity contribution is -0.119. The summed E-state index contributed by atoms with van der Waals surface area (Å²) < 4.78 is 10.4. The van der Waals surface area contributed by atoms with Crippen molar-refractivity contribution in [2.75, 3.05) is 19.5 Å². The van der Waals surface area contributed by atoms with E-state index in [0.29, 0.717) is 28.3 Å². The molecule has 7 heteroatoms. The third-order valence-corrected chi connectivity index (χ3v) is 4.24. The normalized spacial score (nSPS) is 14.0. The van der Waals surface area contributed by atoms with E-state index in [-0.39, 0.29) is 0 Å². The fourth-order valence-corrected chi connectivity index (χ4v) is 2.84. The third-order valence-electron chi connectivity index (χ3n) is 4.24. The fourth-order valence-electron chi connectivity index (χ4n) is 2.84. The minimum absolute atomic E-state index is 0.309. The zero-order valence-electron chi connectivity index (χ0n) is 14.6. The van der Waals surface area contributed by atoms with Crippen molar-refractivity contribution in [3.05, 3.63) is 53.6 Å². The first-order chi connectivity index (χ1) is 12.5. The van der Waals surface area contributed by atoms with Gasteiger partial charge in [0.1, 0.15) is 6.04 Å². The molecule has 0 radical (unpaired) electrons. The number of amides is 3. The van der Waals surface area contributed by atoms with Crippen molar-refractivity contribution in [3.8, 4) is 11.5 Å². The van der Waals surface area contributed by atoms with Gasteiger partial charge in [0.25, 0.3) is 11.8 Å². The molecule has 1 atom stereocenters. The van der Waals surface area contributed by atoms with Crippen LogP contribution in [0.2, 0.25) is 0 Å². The second kappa shape index (κ2) is 6.87. The maximum absolute atomic E-state index is 12.6. The predicted molar refractivity (Wildman–Crippen MR) is 94.6 cm³/mol. The summed E-state index contributed by atoms with van der Waals surface area (Å²) in [4.78, 5) is 38.5. The molecule has 1 N–H and O–H groups in total. The largest absolute Gasteiger partial charge is 0.493 e. The van der Waals surface area contributed by atoms with Crippen molar-refractivity contribution in [2.24, 2.45) is 0 Å². The number of nitrogens with one attached hydrogen (secondary N) is 1. The number of nitrogens with zero attached hydrogens (tertiary/aromatic N) is 1. The Bertz CT molecular complexity index is 858. The van der Waals surface area contributed by atoms with Crippen LogP contribution in [0.25, 0.3) is 0 Å². The smallest absolute Gasteiger partial charge is 0.262 e. The molecule has 0 aliphatic carbocycles. The zero-order valence-corrected chi connectivity index (χ0v) is 14.6. The summed E-state index contributed by atoms with van der Waals surface area (Å²) >= 11 is 0. The molecule has 1 aliphatic heterocycles. The van der Waals surface area contributed by atoms with Crippen LogP contribution in [0.1, 0.15) is 27.6 Å². The Morgan fingerprint density at radius 2 is 1.54 bits per heavy atom. The van der Waals surface area contributed by atoms with Gasteiger partial charge < -0.3 is 14.8 Å². The number of fused-ring (bicyclic) bond motifs is 1. The zero-order chi connectivity index (χ0) is 18.8. The third kappa shape index (κ3) is 2.88. The number of methoxy groups -OCH3 is 2. The molecule has 3 amide bonds. The molecule has 0 aromatic heterocycles. The monoisotopic (exact) mass is 354 g/mol. The number of rotatable bonds is 5. The first kappa shape index (κ1) is 17.5. The Morgan fingerprint density at radius 1 is 0.962 bits per heavy atom. The molecule has 26 heavy (non-hydrogen) atoms. The lowest BCUT2D eigenvalue weighted by atomic mass is 10.1. The van der Waals surface area contributed by atoms with Crippen molar-refractivity contribution in [2.45, 2.75) is 13.0 Å². The van der Waals surface area contributed by atoms with Crippen molar-refractivity contribution in [1.82, 2.24) is 4.90 Å². The number of hydrogen-bond acceptors (Lipinski definition) is 5. The van der Waals surface area contributed by atoms with Gasteiger partial charge in [0, 0.05) is 11.8 Å². The number of ether oxygens (including phenoxy) is 2. The van der Waals surface area contributed by atoms with Crippen LogP contribution >= 0.6 is 0 Å². The van der Waals surface area contributed by atoms with E-state index in [1.807, 2.05) is 0 Å². The van der Waals surface area contributed by atoms with Crippen LogP contribution in [0.15, 0.2) is 42.5 Å². The van der Waals surface area contributed by atoms with Crippen molar-refractivity contribution >= 4 is 23.4 Å². The molecule has 134 valence electrons. The van der Waals surface area contributed by atoms with Crippen molar-refractivity contribution in [3.63, 3.8) is 0 Å². The van der Waals surface area contributed by atoms with Gasteiger partial charge in [0.2, 0.25) is 5.91 Å². The van der Waals surface area contributed by atoms with Gasteiger partial charge in [-0.15, -0.1) is 0 Å². The number of carbonyl (C=O) groups is 3. The van der Waals surface area contributed by atoms with Crippen LogP contribution in [0.3, 0.4) is 0 Å². The summed E-state index contributed by atoms with van der Waals surface area (Å²) in [5.41, 5.74) is 1.09. The number of hydrogen-bond donors (Lipinski definition) is 1. The van der Waals surface area contributed by atoms with Crippen molar-refractivity contribution in [1.29, 1.82) is 0 Å². The van der Waals surface area contributed by atoms with Crippen molar-refractivity contribution < 1.29 is 23.9 Å². The van der Waals surface area contributed by atoms with Crippen LogP contribution < -0.4 is 14.8 Å². The maximum atomic E-state index is 12.6. The average molecular weight is 354 g/mol. The number of carbonyl (C=O) groups excluding carboxylic acids is 3. The van der Waals surface area contributed by atoms with Crippen LogP contribution in [0.4, 0.5) is 5.69 Å². The Balaban J connectivity index is 1.79. The van der Waals surface area contributed by atoms with Gasteiger partial charge in [-0.1, -0.05) is 12.1 Å². The topological polar surface area (TPSA) is 84.9 Å². The van der Waals surface area contributed by atoms with Gasteiger partial charge in [-0.25, -0.2) is 0 Å². The Kier molecular flexibility index (Phi) is 4.62. The molecule has 2 aromatic carbocycles. The Morgan fingerprint density at radius 3 is 2.08 bits per heavy atom. The molecule has 1 unspecified atom stereocenters. The van der Waals surface area contributed by atoms with E-state index in [2.05, 4.69) is 5.32 Å². The maximum Gasteiger partial charge on any atom is 0.262 e. The van der Waals surface area contributed by atoms with Gasteiger partial charge in [-0.3, -0.25) is 19.3 Å². The molecule has 0 bridgehead atoms. The molecule has 3 rings (SSSR count). The molecule has 7 nitrogen and oxygen atoms in total. The summed E-state index contributed by atoms with van der Waals surface area (Å²) in [6.07, 6.45) is 0. The first-order valence-corrected chi connectivity index (χ1v) is 7.97. The SMILES string of the molecule is COc1ccc(NC(=O)C(C)N2C(=O)c3ccccc3C2=O)cc1OC. The summed E-state index contributed by atoms with van der Waals surface area (Å²) in [5.74, 6) is -0.439. The van der Waals surface area contributed by atoms with E-state index in [0.717, 1.165) is 4.90 Å².